The molecule has 0 spiro atoms. The SMILES string of the molecule is Cc1ncc(Br)c(=O)n1CCc1ccc2c(c1)CCO2. The number of ether oxygens (including phenoxy) is 1. The molecule has 3 rings (SSSR count). The minimum Gasteiger partial charge on any atom is -0.493 e. The second-order valence-electron chi connectivity index (χ2n) is 4.90. The molecule has 2 heterocycles. The molecule has 0 saturated heterocycles. The fraction of sp³-hybridized carbons (Fsp3) is 0.333. The molecule has 4 nitrogen and oxygen atoms in total. The summed E-state index contributed by atoms with van der Waals surface area (Å²) in [6.45, 7) is 3.26. The third kappa shape index (κ3) is 2.50. The average Bonchev–Trinajstić information content (AvgIpc) is 2.90. The Kier molecular flexibility index (Phi) is 3.61. The van der Waals surface area contributed by atoms with E-state index in [-0.39, 0.29) is 5.56 Å². The van der Waals surface area contributed by atoms with Crippen LogP contribution in [-0.2, 0) is 19.4 Å². The highest BCUT2D eigenvalue weighted by Gasteiger charge is 2.12. The smallest absolute Gasteiger partial charge is 0.267 e. The van der Waals surface area contributed by atoms with Crippen molar-refractivity contribution in [2.45, 2.75) is 26.3 Å². The summed E-state index contributed by atoms with van der Waals surface area (Å²) in [5.74, 6) is 1.73. The second kappa shape index (κ2) is 5.40. The van der Waals surface area contributed by atoms with Gasteiger partial charge in [-0.3, -0.25) is 9.36 Å². The van der Waals surface area contributed by atoms with Gasteiger partial charge in [0.1, 0.15) is 16.0 Å². The monoisotopic (exact) mass is 334 g/mol. The summed E-state index contributed by atoms with van der Waals surface area (Å²) in [5.41, 5.74) is 2.46. The van der Waals surface area contributed by atoms with Gasteiger partial charge in [-0.25, -0.2) is 4.98 Å². The Morgan fingerprint density at radius 2 is 2.30 bits per heavy atom. The third-order valence-corrected chi connectivity index (χ3v) is 4.13. The van der Waals surface area contributed by atoms with E-state index in [2.05, 4.69) is 33.0 Å². The quantitative estimate of drug-likeness (QED) is 0.866. The van der Waals surface area contributed by atoms with Crippen molar-refractivity contribution in [2.75, 3.05) is 6.61 Å². The van der Waals surface area contributed by atoms with Crippen molar-refractivity contribution in [3.8, 4) is 5.75 Å². The van der Waals surface area contributed by atoms with E-state index in [0.717, 1.165) is 31.0 Å². The molecule has 0 bridgehead atoms. The average molecular weight is 335 g/mol. The van der Waals surface area contributed by atoms with Crippen LogP contribution in [0.2, 0.25) is 0 Å². The van der Waals surface area contributed by atoms with E-state index in [9.17, 15) is 4.79 Å². The van der Waals surface area contributed by atoms with Crippen molar-refractivity contribution in [3.05, 3.63) is 56.2 Å². The van der Waals surface area contributed by atoms with E-state index in [0.29, 0.717) is 11.0 Å². The largest absolute Gasteiger partial charge is 0.493 e. The Labute approximate surface area is 125 Å². The molecule has 0 saturated carbocycles. The molecule has 0 atom stereocenters. The molecular weight excluding hydrogens is 320 g/mol. The van der Waals surface area contributed by atoms with Crippen LogP contribution in [-0.4, -0.2) is 16.2 Å². The maximum absolute atomic E-state index is 12.1. The number of aromatic nitrogens is 2. The molecule has 20 heavy (non-hydrogen) atoms. The Morgan fingerprint density at radius 1 is 1.45 bits per heavy atom. The van der Waals surface area contributed by atoms with E-state index in [4.69, 9.17) is 4.74 Å². The normalized spacial score (nSPS) is 13.1. The highest BCUT2D eigenvalue weighted by atomic mass is 79.9. The predicted octanol–water partition coefficient (Wildman–Crippen LogP) is 2.49. The van der Waals surface area contributed by atoms with Gasteiger partial charge in [-0.15, -0.1) is 0 Å². The highest BCUT2D eigenvalue weighted by Crippen LogP contribution is 2.26. The minimum atomic E-state index is -0.0259. The molecule has 5 heteroatoms. The van der Waals surface area contributed by atoms with Crippen molar-refractivity contribution in [2.24, 2.45) is 0 Å². The number of hydrogen-bond donors (Lipinski definition) is 0. The molecule has 0 unspecified atom stereocenters. The maximum Gasteiger partial charge on any atom is 0.267 e. The van der Waals surface area contributed by atoms with Crippen molar-refractivity contribution in [1.82, 2.24) is 9.55 Å². The van der Waals surface area contributed by atoms with E-state index in [1.165, 1.54) is 11.1 Å². The van der Waals surface area contributed by atoms with Gasteiger partial charge in [-0.2, -0.15) is 0 Å². The second-order valence-corrected chi connectivity index (χ2v) is 5.76. The first-order valence-electron chi connectivity index (χ1n) is 6.61. The lowest BCUT2D eigenvalue weighted by molar-refractivity contribution is 0.357. The van der Waals surface area contributed by atoms with Gasteiger partial charge in [-0.05, 0) is 46.5 Å². The lowest BCUT2D eigenvalue weighted by Crippen LogP contribution is -2.24. The molecule has 104 valence electrons. The number of benzene rings is 1. The van der Waals surface area contributed by atoms with E-state index >= 15 is 0 Å². The fourth-order valence-electron chi connectivity index (χ4n) is 2.45. The van der Waals surface area contributed by atoms with Crippen LogP contribution < -0.4 is 10.3 Å². The van der Waals surface area contributed by atoms with Gasteiger partial charge in [0.25, 0.3) is 5.56 Å². The Bertz CT molecular complexity index is 710. The van der Waals surface area contributed by atoms with Gasteiger partial charge in [0, 0.05) is 19.2 Å². The summed E-state index contributed by atoms with van der Waals surface area (Å²) < 4.78 is 7.71. The summed E-state index contributed by atoms with van der Waals surface area (Å²) in [6, 6.07) is 6.26. The number of rotatable bonds is 3. The Morgan fingerprint density at radius 3 is 3.15 bits per heavy atom. The van der Waals surface area contributed by atoms with Crippen LogP contribution in [0.4, 0.5) is 0 Å². The van der Waals surface area contributed by atoms with Gasteiger partial charge in [0.15, 0.2) is 0 Å². The molecule has 1 aromatic heterocycles. The first-order valence-corrected chi connectivity index (χ1v) is 7.41. The summed E-state index contributed by atoms with van der Waals surface area (Å²) >= 11 is 3.23. The first kappa shape index (κ1) is 13.4. The number of hydrogen-bond acceptors (Lipinski definition) is 3. The molecule has 2 aromatic rings. The molecule has 0 amide bonds. The molecule has 1 aliphatic heterocycles. The van der Waals surface area contributed by atoms with E-state index < -0.39 is 0 Å². The molecule has 0 fully saturated rings. The molecule has 0 aliphatic carbocycles. The number of halogens is 1. The van der Waals surface area contributed by atoms with Crippen LogP contribution in [0.15, 0.2) is 33.7 Å². The van der Waals surface area contributed by atoms with Crippen molar-refractivity contribution >= 4 is 15.9 Å². The topological polar surface area (TPSA) is 44.1 Å². The fourth-order valence-corrected chi connectivity index (χ4v) is 2.77. The van der Waals surface area contributed by atoms with Crippen molar-refractivity contribution < 1.29 is 4.74 Å². The lowest BCUT2D eigenvalue weighted by Gasteiger charge is -2.10. The van der Waals surface area contributed by atoms with Crippen LogP contribution >= 0.6 is 15.9 Å². The first-order chi connectivity index (χ1) is 9.65. The van der Waals surface area contributed by atoms with Crippen molar-refractivity contribution in [1.29, 1.82) is 0 Å². The Balaban J connectivity index is 1.80. The van der Waals surface area contributed by atoms with Gasteiger partial charge >= 0.3 is 0 Å². The summed E-state index contributed by atoms with van der Waals surface area (Å²) in [5, 5.41) is 0. The highest BCUT2D eigenvalue weighted by molar-refractivity contribution is 9.10. The molecular formula is C15H15BrN2O2. The van der Waals surface area contributed by atoms with E-state index in [1.54, 1.807) is 10.8 Å². The van der Waals surface area contributed by atoms with Crippen LogP contribution in [0.1, 0.15) is 17.0 Å². The number of fused-ring (bicyclic) bond motifs is 1. The zero-order chi connectivity index (χ0) is 14.1. The lowest BCUT2D eigenvalue weighted by atomic mass is 10.1. The van der Waals surface area contributed by atoms with Crippen LogP contribution in [0.3, 0.4) is 0 Å². The predicted molar refractivity (Wildman–Crippen MR) is 80.3 cm³/mol. The van der Waals surface area contributed by atoms with E-state index in [1.807, 2.05) is 13.0 Å². The van der Waals surface area contributed by atoms with Crippen LogP contribution in [0.25, 0.3) is 0 Å². The van der Waals surface area contributed by atoms with Gasteiger partial charge < -0.3 is 4.74 Å². The third-order valence-electron chi connectivity index (χ3n) is 3.58. The summed E-state index contributed by atoms with van der Waals surface area (Å²) in [6.07, 6.45) is 3.34. The van der Waals surface area contributed by atoms with Crippen LogP contribution in [0, 0.1) is 6.92 Å². The zero-order valence-electron chi connectivity index (χ0n) is 11.2. The van der Waals surface area contributed by atoms with Crippen molar-refractivity contribution in [3.63, 3.8) is 0 Å². The summed E-state index contributed by atoms with van der Waals surface area (Å²) in [7, 11) is 0. The molecule has 1 aliphatic rings. The number of nitrogens with zero attached hydrogens (tertiary/aromatic N) is 2. The molecule has 0 N–H and O–H groups in total. The van der Waals surface area contributed by atoms with Gasteiger partial charge in [0.2, 0.25) is 0 Å². The molecule has 1 aromatic carbocycles. The molecule has 0 radical (unpaired) electrons. The zero-order valence-corrected chi connectivity index (χ0v) is 12.8. The summed E-state index contributed by atoms with van der Waals surface area (Å²) in [4.78, 5) is 16.3. The minimum absolute atomic E-state index is 0.0259. The Hall–Kier alpha value is -1.62. The standard InChI is InChI=1S/C15H15BrN2O2/c1-10-17-9-13(16)15(19)18(10)6-4-11-2-3-14-12(8-11)5-7-20-14/h2-3,8-9H,4-7H2,1H3. The van der Waals surface area contributed by atoms with Gasteiger partial charge in [-0.1, -0.05) is 12.1 Å². The number of aryl methyl sites for hydroxylation is 2. The van der Waals surface area contributed by atoms with Gasteiger partial charge in [0.05, 0.1) is 6.61 Å². The maximum atomic E-state index is 12.1. The van der Waals surface area contributed by atoms with Crippen LogP contribution in [0.5, 0.6) is 5.75 Å².